The summed E-state index contributed by atoms with van der Waals surface area (Å²) in [6, 6.07) is 27.9. The van der Waals surface area contributed by atoms with Crippen molar-refractivity contribution in [2.24, 2.45) is 0 Å². The molecule has 5 nitrogen and oxygen atoms in total. The highest BCUT2D eigenvalue weighted by Crippen LogP contribution is 2.27. The van der Waals surface area contributed by atoms with E-state index in [4.69, 9.17) is 9.72 Å². The molecule has 5 heteroatoms. The molecule has 32 heavy (non-hydrogen) atoms. The summed E-state index contributed by atoms with van der Waals surface area (Å²) in [7, 11) is 1.68. The van der Waals surface area contributed by atoms with E-state index in [0.717, 1.165) is 46.7 Å². The van der Waals surface area contributed by atoms with Crippen LogP contribution < -0.4 is 9.64 Å². The lowest BCUT2D eigenvalue weighted by Crippen LogP contribution is -2.48. The van der Waals surface area contributed by atoms with Crippen molar-refractivity contribution in [3.63, 3.8) is 0 Å². The molecule has 160 valence electrons. The summed E-state index contributed by atoms with van der Waals surface area (Å²) < 4.78 is 5.35. The molecule has 1 fully saturated rings. The monoisotopic (exact) mass is 423 g/mol. The largest absolute Gasteiger partial charge is 0.497 e. The lowest BCUT2D eigenvalue weighted by Gasteiger charge is -2.36. The lowest BCUT2D eigenvalue weighted by atomic mass is 10.0. The topological polar surface area (TPSA) is 45.7 Å². The number of rotatable bonds is 4. The zero-order valence-corrected chi connectivity index (χ0v) is 18.1. The molecule has 0 spiro atoms. The molecule has 0 radical (unpaired) electrons. The fourth-order valence-electron chi connectivity index (χ4n) is 4.25. The van der Waals surface area contributed by atoms with Crippen LogP contribution in [0.15, 0.2) is 84.9 Å². The summed E-state index contributed by atoms with van der Waals surface area (Å²) in [6.45, 7) is 2.92. The van der Waals surface area contributed by atoms with Crippen molar-refractivity contribution in [1.82, 2.24) is 9.88 Å². The van der Waals surface area contributed by atoms with Gasteiger partial charge in [-0.15, -0.1) is 0 Å². The van der Waals surface area contributed by atoms with Crippen molar-refractivity contribution in [3.8, 4) is 17.0 Å². The van der Waals surface area contributed by atoms with Crippen molar-refractivity contribution in [1.29, 1.82) is 0 Å². The minimum Gasteiger partial charge on any atom is -0.497 e. The van der Waals surface area contributed by atoms with Crippen LogP contribution in [-0.2, 0) is 0 Å². The van der Waals surface area contributed by atoms with Gasteiger partial charge in [0.05, 0.1) is 23.9 Å². The molecule has 0 N–H and O–H groups in total. The molecule has 0 atom stereocenters. The number of carbonyl (C=O) groups excluding carboxylic acids is 1. The number of piperazine rings is 1. The number of methoxy groups -OCH3 is 1. The van der Waals surface area contributed by atoms with Gasteiger partial charge >= 0.3 is 0 Å². The summed E-state index contributed by atoms with van der Waals surface area (Å²) in [5.74, 6) is 0.906. The highest BCUT2D eigenvalue weighted by atomic mass is 16.5. The summed E-state index contributed by atoms with van der Waals surface area (Å²) in [5, 5.41) is 0.896. The normalized spacial score (nSPS) is 13.9. The van der Waals surface area contributed by atoms with Crippen molar-refractivity contribution in [2.45, 2.75) is 0 Å². The Bertz CT molecular complexity index is 1250. The number of hydrogen-bond donors (Lipinski definition) is 0. The minimum absolute atomic E-state index is 0.0612. The summed E-state index contributed by atoms with van der Waals surface area (Å²) in [5.41, 5.74) is 4.51. The van der Waals surface area contributed by atoms with Gasteiger partial charge in [-0.1, -0.05) is 54.6 Å². The number of aromatic nitrogens is 1. The van der Waals surface area contributed by atoms with Crippen LogP contribution in [0.3, 0.4) is 0 Å². The molecule has 0 aliphatic carbocycles. The van der Waals surface area contributed by atoms with E-state index in [1.54, 1.807) is 7.11 Å². The van der Waals surface area contributed by atoms with Gasteiger partial charge in [-0.2, -0.15) is 0 Å². The Morgan fingerprint density at radius 2 is 1.59 bits per heavy atom. The second-order valence-corrected chi connectivity index (χ2v) is 7.92. The molecule has 0 unspecified atom stereocenters. The Morgan fingerprint density at radius 1 is 0.844 bits per heavy atom. The first-order valence-corrected chi connectivity index (χ1v) is 10.9. The maximum atomic E-state index is 13.6. The third-order valence-corrected chi connectivity index (χ3v) is 6.00. The molecule has 4 aromatic rings. The average molecular weight is 424 g/mol. The maximum absolute atomic E-state index is 13.6. The average Bonchev–Trinajstić information content (AvgIpc) is 2.88. The second-order valence-electron chi connectivity index (χ2n) is 7.92. The van der Waals surface area contributed by atoms with E-state index in [0.29, 0.717) is 18.7 Å². The fourth-order valence-corrected chi connectivity index (χ4v) is 4.25. The zero-order chi connectivity index (χ0) is 21.9. The molecule has 5 rings (SSSR count). The maximum Gasteiger partial charge on any atom is 0.254 e. The van der Waals surface area contributed by atoms with E-state index in [1.165, 1.54) is 0 Å². The molecular weight excluding hydrogens is 398 g/mol. The van der Waals surface area contributed by atoms with Crippen LogP contribution in [0, 0.1) is 0 Å². The first kappa shape index (κ1) is 20.1. The molecule has 1 saturated heterocycles. The van der Waals surface area contributed by atoms with E-state index in [2.05, 4.69) is 11.0 Å². The van der Waals surface area contributed by atoms with E-state index in [-0.39, 0.29) is 5.91 Å². The highest BCUT2D eigenvalue weighted by molar-refractivity contribution is 6.07. The number of anilines is 1. The Kier molecular flexibility index (Phi) is 5.46. The van der Waals surface area contributed by atoms with Gasteiger partial charge in [0.25, 0.3) is 5.91 Å². The fraction of sp³-hybridized carbons (Fsp3) is 0.185. The molecule has 3 aromatic carbocycles. The number of benzene rings is 3. The van der Waals surface area contributed by atoms with Gasteiger partial charge in [0.2, 0.25) is 0 Å². The van der Waals surface area contributed by atoms with E-state index in [1.807, 2.05) is 83.8 Å². The van der Waals surface area contributed by atoms with Crippen LogP contribution in [0.25, 0.3) is 22.2 Å². The molecule has 0 saturated carbocycles. The molecule has 1 aliphatic rings. The van der Waals surface area contributed by atoms with Crippen LogP contribution in [0.1, 0.15) is 10.4 Å². The second kappa shape index (κ2) is 8.71. The zero-order valence-electron chi connectivity index (χ0n) is 18.1. The molecule has 1 aliphatic heterocycles. The standard InChI is InChI=1S/C27H25N3O2/c1-32-22-11-7-10-21(18-22)29-14-16-30(17-15-29)27(31)24-19-26(20-8-3-2-4-9-20)28-25-13-6-5-12-23(24)25/h2-13,18-19H,14-17H2,1H3. The van der Waals surface area contributed by atoms with Crippen molar-refractivity contribution in [2.75, 3.05) is 38.2 Å². The van der Waals surface area contributed by atoms with E-state index < -0.39 is 0 Å². The summed E-state index contributed by atoms with van der Waals surface area (Å²) in [4.78, 5) is 22.7. The Morgan fingerprint density at radius 3 is 2.38 bits per heavy atom. The van der Waals surface area contributed by atoms with Gasteiger partial charge in [-0.25, -0.2) is 4.98 Å². The van der Waals surface area contributed by atoms with Gasteiger partial charge in [0, 0.05) is 48.9 Å². The Labute approximate surface area is 187 Å². The van der Waals surface area contributed by atoms with Crippen LogP contribution in [0.4, 0.5) is 5.69 Å². The SMILES string of the molecule is COc1cccc(N2CCN(C(=O)c3cc(-c4ccccc4)nc4ccccc34)CC2)c1. The van der Waals surface area contributed by atoms with Crippen LogP contribution in [0.5, 0.6) is 5.75 Å². The third kappa shape index (κ3) is 3.89. The molecule has 0 bridgehead atoms. The van der Waals surface area contributed by atoms with Gasteiger partial charge in [-0.05, 0) is 24.3 Å². The Balaban J connectivity index is 1.41. The van der Waals surface area contributed by atoms with Crippen LogP contribution in [0.2, 0.25) is 0 Å². The van der Waals surface area contributed by atoms with Crippen molar-refractivity contribution >= 4 is 22.5 Å². The quantitative estimate of drug-likeness (QED) is 0.470. The first-order valence-electron chi connectivity index (χ1n) is 10.9. The number of carbonyl (C=O) groups is 1. The van der Waals surface area contributed by atoms with E-state index >= 15 is 0 Å². The number of para-hydroxylation sites is 1. The number of nitrogens with zero attached hydrogens (tertiary/aromatic N) is 3. The molecule has 1 aromatic heterocycles. The summed E-state index contributed by atoms with van der Waals surface area (Å²) in [6.07, 6.45) is 0. The van der Waals surface area contributed by atoms with Gasteiger partial charge in [0.15, 0.2) is 0 Å². The highest BCUT2D eigenvalue weighted by Gasteiger charge is 2.24. The van der Waals surface area contributed by atoms with Gasteiger partial charge < -0.3 is 14.5 Å². The number of fused-ring (bicyclic) bond motifs is 1. The van der Waals surface area contributed by atoms with E-state index in [9.17, 15) is 4.79 Å². The molecular formula is C27H25N3O2. The smallest absolute Gasteiger partial charge is 0.254 e. The van der Waals surface area contributed by atoms with Crippen LogP contribution >= 0.6 is 0 Å². The predicted molar refractivity (Wildman–Crippen MR) is 128 cm³/mol. The number of hydrogen-bond acceptors (Lipinski definition) is 4. The van der Waals surface area contributed by atoms with Crippen LogP contribution in [-0.4, -0.2) is 49.1 Å². The third-order valence-electron chi connectivity index (χ3n) is 6.00. The van der Waals surface area contributed by atoms with Gasteiger partial charge in [0.1, 0.15) is 5.75 Å². The minimum atomic E-state index is 0.0612. The number of pyridine rings is 1. The van der Waals surface area contributed by atoms with Crippen molar-refractivity contribution < 1.29 is 9.53 Å². The number of ether oxygens (including phenoxy) is 1. The van der Waals surface area contributed by atoms with Gasteiger partial charge in [-0.3, -0.25) is 4.79 Å². The molecule has 1 amide bonds. The lowest BCUT2D eigenvalue weighted by molar-refractivity contribution is 0.0748. The first-order chi connectivity index (χ1) is 15.7. The number of amides is 1. The summed E-state index contributed by atoms with van der Waals surface area (Å²) >= 11 is 0. The van der Waals surface area contributed by atoms with Crippen molar-refractivity contribution in [3.05, 3.63) is 90.5 Å². The Hall–Kier alpha value is -3.86. The predicted octanol–water partition coefficient (Wildman–Crippen LogP) is 4.87. The molecule has 2 heterocycles.